The van der Waals surface area contributed by atoms with E-state index in [0.717, 1.165) is 29.2 Å². The quantitative estimate of drug-likeness (QED) is 0.815. The largest absolute Gasteiger partial charge is 0.489 e. The lowest BCUT2D eigenvalue weighted by Gasteiger charge is -2.11. The molecule has 0 aliphatic rings. The van der Waals surface area contributed by atoms with Gasteiger partial charge in [-0.05, 0) is 62.2 Å². The van der Waals surface area contributed by atoms with E-state index in [-0.39, 0.29) is 0 Å². The first-order valence-electron chi connectivity index (χ1n) is 7.31. The minimum Gasteiger partial charge on any atom is -0.489 e. The molecule has 0 aliphatic heterocycles. The van der Waals surface area contributed by atoms with Crippen molar-refractivity contribution in [2.45, 2.75) is 32.4 Å². The van der Waals surface area contributed by atoms with Crippen LogP contribution in [0.2, 0.25) is 5.02 Å². The summed E-state index contributed by atoms with van der Waals surface area (Å²) in [7, 11) is 2.00. The van der Waals surface area contributed by atoms with Crippen LogP contribution in [0.5, 0.6) is 5.75 Å². The highest BCUT2D eigenvalue weighted by molar-refractivity contribution is 6.30. The summed E-state index contributed by atoms with van der Waals surface area (Å²) in [5.41, 5.74) is 2.43. The molecule has 3 heteroatoms. The fourth-order valence-corrected chi connectivity index (χ4v) is 2.19. The minimum absolute atomic E-state index is 0.531. The molecule has 2 aromatic carbocycles. The molecule has 0 aromatic heterocycles. The molecule has 21 heavy (non-hydrogen) atoms. The zero-order chi connectivity index (χ0) is 15.1. The average molecular weight is 304 g/mol. The molecule has 0 heterocycles. The fourth-order valence-electron chi connectivity index (χ4n) is 2.07. The zero-order valence-corrected chi connectivity index (χ0v) is 13.4. The van der Waals surface area contributed by atoms with Crippen LogP contribution in [-0.2, 0) is 13.0 Å². The van der Waals surface area contributed by atoms with Gasteiger partial charge in [-0.15, -0.1) is 0 Å². The number of aryl methyl sites for hydroxylation is 1. The van der Waals surface area contributed by atoms with Crippen molar-refractivity contribution in [2.75, 3.05) is 7.05 Å². The molecule has 112 valence electrons. The third kappa shape index (κ3) is 5.41. The van der Waals surface area contributed by atoms with Crippen molar-refractivity contribution >= 4 is 11.6 Å². The van der Waals surface area contributed by atoms with Gasteiger partial charge in [0.2, 0.25) is 0 Å². The van der Waals surface area contributed by atoms with E-state index in [2.05, 4.69) is 30.4 Å². The van der Waals surface area contributed by atoms with Gasteiger partial charge in [0.1, 0.15) is 12.4 Å². The Morgan fingerprint density at radius 2 is 1.86 bits per heavy atom. The van der Waals surface area contributed by atoms with Gasteiger partial charge in [0, 0.05) is 11.1 Å². The summed E-state index contributed by atoms with van der Waals surface area (Å²) < 4.78 is 5.85. The molecule has 2 nitrogen and oxygen atoms in total. The van der Waals surface area contributed by atoms with E-state index in [1.165, 1.54) is 5.56 Å². The molecule has 1 unspecified atom stereocenters. The summed E-state index contributed by atoms with van der Waals surface area (Å²) in [4.78, 5) is 0. The smallest absolute Gasteiger partial charge is 0.120 e. The van der Waals surface area contributed by atoms with Gasteiger partial charge in [-0.1, -0.05) is 35.9 Å². The molecule has 1 N–H and O–H groups in total. The van der Waals surface area contributed by atoms with Crippen molar-refractivity contribution in [2.24, 2.45) is 0 Å². The maximum Gasteiger partial charge on any atom is 0.120 e. The van der Waals surface area contributed by atoms with Gasteiger partial charge in [0.15, 0.2) is 0 Å². The molecule has 0 aliphatic carbocycles. The molecule has 0 fully saturated rings. The number of rotatable bonds is 7. The highest BCUT2D eigenvalue weighted by atomic mass is 35.5. The van der Waals surface area contributed by atoms with Gasteiger partial charge in [0.05, 0.1) is 0 Å². The normalized spacial score (nSPS) is 12.1. The van der Waals surface area contributed by atoms with Gasteiger partial charge in [-0.2, -0.15) is 0 Å². The number of ether oxygens (including phenoxy) is 1. The van der Waals surface area contributed by atoms with Crippen LogP contribution < -0.4 is 10.1 Å². The Balaban J connectivity index is 1.90. The van der Waals surface area contributed by atoms with Crippen LogP contribution in [0.3, 0.4) is 0 Å². The second-order valence-corrected chi connectivity index (χ2v) is 5.73. The predicted molar refractivity (Wildman–Crippen MR) is 89.1 cm³/mol. The first-order valence-corrected chi connectivity index (χ1v) is 7.68. The summed E-state index contributed by atoms with van der Waals surface area (Å²) in [6.45, 7) is 2.76. The molecule has 0 radical (unpaired) electrons. The van der Waals surface area contributed by atoms with Crippen molar-refractivity contribution in [3.05, 3.63) is 64.7 Å². The van der Waals surface area contributed by atoms with Crippen molar-refractivity contribution in [1.29, 1.82) is 0 Å². The van der Waals surface area contributed by atoms with Crippen molar-refractivity contribution in [3.8, 4) is 5.75 Å². The Morgan fingerprint density at radius 3 is 2.57 bits per heavy atom. The van der Waals surface area contributed by atoms with Crippen LogP contribution in [0.1, 0.15) is 24.5 Å². The molecule has 0 saturated heterocycles. The van der Waals surface area contributed by atoms with E-state index in [4.69, 9.17) is 16.3 Å². The summed E-state index contributed by atoms with van der Waals surface area (Å²) in [5, 5.41) is 4.01. The topological polar surface area (TPSA) is 21.3 Å². The van der Waals surface area contributed by atoms with Gasteiger partial charge in [0.25, 0.3) is 0 Å². The van der Waals surface area contributed by atoms with Gasteiger partial charge < -0.3 is 10.1 Å². The highest BCUT2D eigenvalue weighted by Gasteiger charge is 2.02. The van der Waals surface area contributed by atoms with E-state index in [9.17, 15) is 0 Å². The molecule has 2 rings (SSSR count). The predicted octanol–water partition coefficient (Wildman–Crippen LogP) is 4.46. The van der Waals surface area contributed by atoms with Gasteiger partial charge >= 0.3 is 0 Å². The molecule has 0 amide bonds. The lowest BCUT2D eigenvalue weighted by Crippen LogP contribution is -2.21. The summed E-state index contributed by atoms with van der Waals surface area (Å²) in [5.74, 6) is 0.916. The van der Waals surface area contributed by atoms with Crippen LogP contribution >= 0.6 is 11.6 Å². The third-order valence-electron chi connectivity index (χ3n) is 3.58. The molecular weight excluding hydrogens is 282 g/mol. The highest BCUT2D eigenvalue weighted by Crippen LogP contribution is 2.17. The summed E-state index contributed by atoms with van der Waals surface area (Å²) in [6.07, 6.45) is 2.18. The van der Waals surface area contributed by atoms with Crippen LogP contribution in [0.15, 0.2) is 48.5 Å². The molecular formula is C18H22ClNO. The first kappa shape index (κ1) is 15.9. The van der Waals surface area contributed by atoms with Crippen molar-refractivity contribution in [3.63, 3.8) is 0 Å². The Morgan fingerprint density at radius 1 is 1.10 bits per heavy atom. The Hall–Kier alpha value is -1.51. The lowest BCUT2D eigenvalue weighted by molar-refractivity contribution is 0.306. The second kappa shape index (κ2) is 8.06. The Labute approximate surface area is 132 Å². The van der Waals surface area contributed by atoms with E-state index < -0.39 is 0 Å². The third-order valence-corrected chi connectivity index (χ3v) is 3.83. The lowest BCUT2D eigenvalue weighted by atomic mass is 10.1. The number of nitrogens with one attached hydrogen (secondary N) is 1. The summed E-state index contributed by atoms with van der Waals surface area (Å²) >= 11 is 5.88. The van der Waals surface area contributed by atoms with E-state index >= 15 is 0 Å². The second-order valence-electron chi connectivity index (χ2n) is 5.29. The standard InChI is InChI=1S/C18H22ClNO/c1-14(20-2)6-7-15-4-3-5-18(12-15)21-13-16-8-10-17(19)11-9-16/h3-5,8-12,14,20H,6-7,13H2,1-2H3. The van der Waals surface area contributed by atoms with Crippen LogP contribution in [0, 0.1) is 0 Å². The van der Waals surface area contributed by atoms with Crippen molar-refractivity contribution < 1.29 is 4.74 Å². The molecule has 1 atom stereocenters. The van der Waals surface area contributed by atoms with E-state index in [1.807, 2.05) is 37.4 Å². The monoisotopic (exact) mass is 303 g/mol. The van der Waals surface area contributed by atoms with Crippen LogP contribution in [0.25, 0.3) is 0 Å². The first-order chi connectivity index (χ1) is 10.2. The maximum atomic E-state index is 5.88. The number of hydrogen-bond acceptors (Lipinski definition) is 2. The maximum absolute atomic E-state index is 5.88. The van der Waals surface area contributed by atoms with Crippen LogP contribution in [0.4, 0.5) is 0 Å². The number of benzene rings is 2. The molecule has 0 spiro atoms. The molecule has 2 aromatic rings. The molecule has 0 bridgehead atoms. The fraction of sp³-hybridized carbons (Fsp3) is 0.333. The van der Waals surface area contributed by atoms with Gasteiger partial charge in [-0.25, -0.2) is 0 Å². The van der Waals surface area contributed by atoms with Crippen molar-refractivity contribution in [1.82, 2.24) is 5.32 Å². The van der Waals surface area contributed by atoms with Crippen LogP contribution in [-0.4, -0.2) is 13.1 Å². The Kier molecular flexibility index (Phi) is 6.09. The zero-order valence-electron chi connectivity index (χ0n) is 12.6. The summed E-state index contributed by atoms with van der Waals surface area (Å²) in [6, 6.07) is 16.6. The average Bonchev–Trinajstić information content (AvgIpc) is 2.52. The van der Waals surface area contributed by atoms with E-state index in [1.54, 1.807) is 0 Å². The minimum atomic E-state index is 0.531. The van der Waals surface area contributed by atoms with E-state index in [0.29, 0.717) is 12.6 Å². The van der Waals surface area contributed by atoms with Gasteiger partial charge in [-0.3, -0.25) is 0 Å². The SMILES string of the molecule is CNC(C)CCc1cccc(OCc2ccc(Cl)cc2)c1. The Bertz CT molecular complexity index is 553. The molecule has 0 saturated carbocycles. The number of hydrogen-bond donors (Lipinski definition) is 1. The number of halogens is 1.